The molecule has 1 aromatic heterocycles. The minimum Gasteiger partial charge on any atom is -0.462 e. The number of rotatable bonds is 42. The van der Waals surface area contributed by atoms with E-state index in [0.29, 0.717) is 12.8 Å². The van der Waals surface area contributed by atoms with Crippen LogP contribution in [0.3, 0.4) is 0 Å². The number of nitrogens with two attached hydrogens (primary N) is 1. The maximum absolute atomic E-state index is 12.9. The number of aliphatic hydroxyl groups excluding tert-OH is 4. The van der Waals surface area contributed by atoms with Gasteiger partial charge < -0.3 is 45.7 Å². The standard InChI is InChI=1S/C48H89N5O10S/c1-3-5-7-9-11-13-15-17-19-21-23-25-27-29-31-42(55)61-35-38(62-43(56)32-30-28-26-24-22-20-18-16-14-12-10-8-6-4-2)36-64-37-39(49)47(59)50-41-34-53(52-51-41)33-40(54)46-44(57)45(58)48(60)63-46/h34,38-40,44-46,48,54,57-58,60H,3-33,35-37,49H2,1-2H3,(H,50,59)/t38-,39-,40+,44+,45+,46?,48?/m1/s1. The summed E-state index contributed by atoms with van der Waals surface area (Å²) in [6.07, 6.45) is 28.5. The molecule has 1 aliphatic rings. The molecule has 2 unspecified atom stereocenters. The van der Waals surface area contributed by atoms with E-state index in [9.17, 15) is 34.8 Å². The van der Waals surface area contributed by atoms with Crippen LogP contribution in [0.5, 0.6) is 0 Å². The SMILES string of the molecule is CCCCCCCCCCCCCCCCC(=O)OC[C@H](CSC[C@@H](N)C(=O)Nc1cn(C[C@H](O)C2OC(O)[C@@H](O)[C@@H]2O)nn1)OC(=O)CCCCCCCCCCCCCCCC. The average Bonchev–Trinajstić information content (AvgIpc) is 3.83. The van der Waals surface area contributed by atoms with E-state index >= 15 is 0 Å². The number of amides is 1. The Hall–Kier alpha value is -2.34. The van der Waals surface area contributed by atoms with Gasteiger partial charge in [-0.2, -0.15) is 11.8 Å². The highest BCUT2D eigenvalue weighted by Gasteiger charge is 2.45. The number of aromatic nitrogens is 3. The third-order valence-electron chi connectivity index (χ3n) is 12.0. The van der Waals surface area contributed by atoms with Gasteiger partial charge in [-0.25, -0.2) is 4.68 Å². The third-order valence-corrected chi connectivity index (χ3v) is 13.2. The van der Waals surface area contributed by atoms with Gasteiger partial charge in [-0.15, -0.1) is 5.10 Å². The molecule has 64 heavy (non-hydrogen) atoms. The number of hydrogen-bond donors (Lipinski definition) is 6. The lowest BCUT2D eigenvalue weighted by molar-refractivity contribution is -0.157. The monoisotopic (exact) mass is 928 g/mol. The molecule has 1 fully saturated rings. The summed E-state index contributed by atoms with van der Waals surface area (Å²) in [4.78, 5) is 38.5. The molecule has 7 N–H and O–H groups in total. The van der Waals surface area contributed by atoms with E-state index in [-0.39, 0.29) is 42.4 Å². The van der Waals surface area contributed by atoms with Gasteiger partial charge >= 0.3 is 11.9 Å². The van der Waals surface area contributed by atoms with Gasteiger partial charge in [0.15, 0.2) is 12.1 Å². The lowest BCUT2D eigenvalue weighted by atomic mass is 10.0. The third kappa shape index (κ3) is 28.0. The fourth-order valence-electron chi connectivity index (χ4n) is 7.91. The van der Waals surface area contributed by atoms with Crippen LogP contribution in [0, 0.1) is 0 Å². The summed E-state index contributed by atoms with van der Waals surface area (Å²) in [6.45, 7) is 4.24. The zero-order valence-electron chi connectivity index (χ0n) is 39.7. The van der Waals surface area contributed by atoms with Crippen LogP contribution in [0.1, 0.15) is 206 Å². The van der Waals surface area contributed by atoms with Crippen molar-refractivity contribution >= 4 is 35.4 Å². The second-order valence-electron chi connectivity index (χ2n) is 18.0. The van der Waals surface area contributed by atoms with Crippen molar-refractivity contribution in [1.29, 1.82) is 0 Å². The molecule has 15 nitrogen and oxygen atoms in total. The molecular weight excluding hydrogens is 839 g/mol. The van der Waals surface area contributed by atoms with Gasteiger partial charge in [-0.3, -0.25) is 14.4 Å². The first kappa shape index (κ1) is 57.8. The molecule has 0 saturated carbocycles. The highest BCUT2D eigenvalue weighted by Crippen LogP contribution is 2.23. The molecule has 0 spiro atoms. The topological polar surface area (TPSA) is 229 Å². The highest BCUT2D eigenvalue weighted by atomic mass is 32.2. The Bertz CT molecular complexity index is 1330. The van der Waals surface area contributed by atoms with E-state index in [1.165, 1.54) is 164 Å². The highest BCUT2D eigenvalue weighted by molar-refractivity contribution is 7.99. The maximum Gasteiger partial charge on any atom is 0.306 e. The van der Waals surface area contributed by atoms with Crippen LogP contribution < -0.4 is 11.1 Å². The minimum atomic E-state index is -1.63. The maximum atomic E-state index is 12.9. The summed E-state index contributed by atoms with van der Waals surface area (Å²) < 4.78 is 17.6. The summed E-state index contributed by atoms with van der Waals surface area (Å²) in [5.41, 5.74) is 6.18. The van der Waals surface area contributed by atoms with E-state index in [2.05, 4.69) is 29.5 Å². The van der Waals surface area contributed by atoms with E-state index < -0.39 is 48.8 Å². The number of esters is 2. The second kappa shape index (κ2) is 37.7. The Balaban J connectivity index is 1.71. The first-order chi connectivity index (χ1) is 31.0. The molecule has 0 radical (unpaired) electrons. The average molecular weight is 928 g/mol. The molecule has 1 aliphatic heterocycles. The van der Waals surface area contributed by atoms with Gasteiger partial charge in [0.1, 0.15) is 37.1 Å². The molecular formula is C48H89N5O10S. The van der Waals surface area contributed by atoms with Crippen molar-refractivity contribution in [2.75, 3.05) is 23.4 Å². The van der Waals surface area contributed by atoms with E-state index in [1.807, 2.05) is 0 Å². The van der Waals surface area contributed by atoms with E-state index in [1.54, 1.807) is 0 Å². The summed E-state index contributed by atoms with van der Waals surface area (Å²) in [5.74, 6) is -0.636. The molecule has 7 atom stereocenters. The van der Waals surface area contributed by atoms with Gasteiger partial charge in [0, 0.05) is 24.3 Å². The smallest absolute Gasteiger partial charge is 0.306 e. The number of carbonyl (C=O) groups is 3. The number of anilines is 1. The number of nitrogens with one attached hydrogen (secondary N) is 1. The Morgan fingerprint density at radius 3 is 1.61 bits per heavy atom. The van der Waals surface area contributed by atoms with Crippen LogP contribution in [0.2, 0.25) is 0 Å². The molecule has 1 saturated heterocycles. The Kier molecular flexibility index (Phi) is 34.1. The minimum absolute atomic E-state index is 0.0633. The number of hydrogen-bond acceptors (Lipinski definition) is 14. The number of unbranched alkanes of at least 4 members (excludes halogenated alkanes) is 26. The fourth-order valence-corrected chi connectivity index (χ4v) is 8.88. The van der Waals surface area contributed by atoms with Crippen molar-refractivity contribution in [3.63, 3.8) is 0 Å². The summed E-state index contributed by atoms with van der Waals surface area (Å²) in [5, 5.41) is 50.1. The van der Waals surface area contributed by atoms with Crippen molar-refractivity contribution in [3.05, 3.63) is 6.20 Å². The zero-order valence-corrected chi connectivity index (χ0v) is 40.5. The van der Waals surface area contributed by atoms with Crippen LogP contribution in [0.25, 0.3) is 0 Å². The molecule has 372 valence electrons. The van der Waals surface area contributed by atoms with Crippen LogP contribution >= 0.6 is 11.8 Å². The van der Waals surface area contributed by atoms with Crippen molar-refractivity contribution in [1.82, 2.24) is 15.0 Å². The normalized spacial score (nSPS) is 18.8. The predicted molar refractivity (Wildman–Crippen MR) is 254 cm³/mol. The number of thioether (sulfide) groups is 1. The first-order valence-electron chi connectivity index (χ1n) is 25.3. The largest absolute Gasteiger partial charge is 0.462 e. The molecule has 2 rings (SSSR count). The second-order valence-corrected chi connectivity index (χ2v) is 19.1. The van der Waals surface area contributed by atoms with Crippen LogP contribution in [-0.4, -0.2) is 114 Å². The predicted octanol–water partition coefficient (Wildman–Crippen LogP) is 8.27. The van der Waals surface area contributed by atoms with Crippen LogP contribution in [-0.2, 0) is 35.1 Å². The summed E-state index contributed by atoms with van der Waals surface area (Å²) in [7, 11) is 0. The molecule has 16 heteroatoms. The summed E-state index contributed by atoms with van der Waals surface area (Å²) in [6, 6.07) is -0.958. The molecule has 2 heterocycles. The van der Waals surface area contributed by atoms with Gasteiger partial charge in [0.05, 0.1) is 18.8 Å². The van der Waals surface area contributed by atoms with Gasteiger partial charge in [-0.1, -0.05) is 186 Å². The number of ether oxygens (including phenoxy) is 3. The fraction of sp³-hybridized carbons (Fsp3) is 0.896. The molecule has 0 bridgehead atoms. The van der Waals surface area contributed by atoms with E-state index in [0.717, 1.165) is 38.5 Å². The van der Waals surface area contributed by atoms with E-state index in [4.69, 9.17) is 19.9 Å². The summed E-state index contributed by atoms with van der Waals surface area (Å²) >= 11 is 1.31. The Morgan fingerprint density at radius 2 is 1.16 bits per heavy atom. The quantitative estimate of drug-likeness (QED) is 0.0268. The van der Waals surface area contributed by atoms with Gasteiger partial charge in [-0.05, 0) is 12.8 Å². The molecule has 0 aliphatic carbocycles. The Morgan fingerprint density at radius 1 is 0.703 bits per heavy atom. The van der Waals surface area contributed by atoms with Crippen molar-refractivity contribution in [2.24, 2.45) is 5.73 Å². The number of nitrogens with zero attached hydrogens (tertiary/aromatic N) is 3. The van der Waals surface area contributed by atoms with Crippen LogP contribution in [0.4, 0.5) is 5.82 Å². The molecule has 1 amide bonds. The van der Waals surface area contributed by atoms with Crippen molar-refractivity contribution in [2.45, 2.75) is 256 Å². The van der Waals surface area contributed by atoms with Gasteiger partial charge in [0.2, 0.25) is 5.91 Å². The lowest BCUT2D eigenvalue weighted by Crippen LogP contribution is -2.40. The number of aliphatic hydroxyl groups is 4. The van der Waals surface area contributed by atoms with Crippen molar-refractivity contribution in [3.8, 4) is 0 Å². The lowest BCUT2D eigenvalue weighted by Gasteiger charge is -2.20. The zero-order chi connectivity index (χ0) is 46.6. The number of carbonyl (C=O) groups excluding carboxylic acids is 3. The molecule has 0 aromatic carbocycles. The first-order valence-corrected chi connectivity index (χ1v) is 26.5. The Labute approximate surface area is 389 Å². The van der Waals surface area contributed by atoms with Crippen molar-refractivity contribution < 1.29 is 49.0 Å². The van der Waals surface area contributed by atoms with Gasteiger partial charge in [0.25, 0.3) is 0 Å². The van der Waals surface area contributed by atoms with Crippen LogP contribution in [0.15, 0.2) is 6.20 Å². The molecule has 1 aromatic rings.